The molecule has 0 saturated carbocycles. The summed E-state index contributed by atoms with van der Waals surface area (Å²) in [5.74, 6) is 0.472. The van der Waals surface area contributed by atoms with E-state index in [-0.39, 0.29) is 11.8 Å². The second kappa shape index (κ2) is 8.89. The van der Waals surface area contributed by atoms with Crippen LogP contribution < -0.4 is 14.8 Å². The summed E-state index contributed by atoms with van der Waals surface area (Å²) in [6.07, 6.45) is 0.935. The number of nitrogens with one attached hydrogen (secondary N) is 1. The van der Waals surface area contributed by atoms with Crippen LogP contribution in [0.15, 0.2) is 42.5 Å². The molecule has 2 aromatic carbocycles. The second-order valence-corrected chi connectivity index (χ2v) is 5.99. The minimum absolute atomic E-state index is 0.172. The number of carbonyl (C=O) groups excluding carboxylic acids is 2. The Kier molecular flexibility index (Phi) is 6.60. The molecule has 0 unspecified atom stereocenters. The lowest BCUT2D eigenvalue weighted by Gasteiger charge is -2.18. The Labute approximate surface area is 153 Å². The zero-order valence-electron chi connectivity index (χ0n) is 15.5. The predicted octanol–water partition coefficient (Wildman–Crippen LogP) is 2.98. The van der Waals surface area contributed by atoms with Gasteiger partial charge in [0.1, 0.15) is 0 Å². The van der Waals surface area contributed by atoms with Crippen molar-refractivity contribution in [3.8, 4) is 11.5 Å². The standard InChI is InChI=1S/C20H24N2O4/c1-22(2)20(24)15-12-17(25-3)18(26-4)13-16(15)21-19(23)11-10-14-8-6-5-7-9-14/h5-9,12-13H,10-11H2,1-4H3,(H,21,23). The van der Waals surface area contributed by atoms with Gasteiger partial charge in [-0.1, -0.05) is 30.3 Å². The third-order valence-electron chi connectivity index (χ3n) is 3.92. The van der Waals surface area contributed by atoms with E-state index in [1.807, 2.05) is 30.3 Å². The second-order valence-electron chi connectivity index (χ2n) is 5.99. The van der Waals surface area contributed by atoms with E-state index in [1.165, 1.54) is 19.1 Å². The van der Waals surface area contributed by atoms with E-state index in [0.29, 0.717) is 35.6 Å². The maximum atomic E-state index is 12.5. The Morgan fingerprint density at radius 2 is 1.62 bits per heavy atom. The molecule has 0 radical (unpaired) electrons. The van der Waals surface area contributed by atoms with Gasteiger partial charge in [0, 0.05) is 26.6 Å². The van der Waals surface area contributed by atoms with Crippen LogP contribution in [0, 0.1) is 0 Å². The van der Waals surface area contributed by atoms with Gasteiger partial charge in [0.05, 0.1) is 25.5 Å². The van der Waals surface area contributed by atoms with E-state index in [2.05, 4.69) is 5.32 Å². The summed E-state index contributed by atoms with van der Waals surface area (Å²) in [7, 11) is 6.31. The third-order valence-corrected chi connectivity index (χ3v) is 3.92. The number of carbonyl (C=O) groups is 2. The van der Waals surface area contributed by atoms with E-state index in [9.17, 15) is 9.59 Å². The van der Waals surface area contributed by atoms with Gasteiger partial charge in [-0.05, 0) is 18.1 Å². The molecular formula is C20H24N2O4. The number of nitrogens with zero attached hydrogens (tertiary/aromatic N) is 1. The summed E-state index contributed by atoms with van der Waals surface area (Å²) >= 11 is 0. The number of hydrogen-bond acceptors (Lipinski definition) is 4. The number of anilines is 1. The molecule has 0 fully saturated rings. The molecule has 0 bridgehead atoms. The van der Waals surface area contributed by atoms with Crippen LogP contribution in [-0.2, 0) is 11.2 Å². The topological polar surface area (TPSA) is 67.9 Å². The molecule has 138 valence electrons. The molecule has 0 atom stereocenters. The molecule has 0 aliphatic heterocycles. The minimum atomic E-state index is -0.232. The lowest BCUT2D eigenvalue weighted by atomic mass is 10.1. The molecule has 6 nitrogen and oxygen atoms in total. The lowest BCUT2D eigenvalue weighted by molar-refractivity contribution is -0.116. The van der Waals surface area contributed by atoms with Crippen LogP contribution in [-0.4, -0.2) is 45.0 Å². The predicted molar refractivity (Wildman–Crippen MR) is 101 cm³/mol. The quantitative estimate of drug-likeness (QED) is 0.828. The Bertz CT molecular complexity index is 773. The SMILES string of the molecule is COc1cc(NC(=O)CCc2ccccc2)c(C(=O)N(C)C)cc1OC. The minimum Gasteiger partial charge on any atom is -0.493 e. The van der Waals surface area contributed by atoms with Gasteiger partial charge in [0.25, 0.3) is 5.91 Å². The van der Waals surface area contributed by atoms with Crippen molar-refractivity contribution in [3.63, 3.8) is 0 Å². The van der Waals surface area contributed by atoms with Crippen LogP contribution in [0.4, 0.5) is 5.69 Å². The number of amides is 2. The van der Waals surface area contributed by atoms with Gasteiger partial charge >= 0.3 is 0 Å². The Morgan fingerprint density at radius 3 is 2.19 bits per heavy atom. The van der Waals surface area contributed by atoms with Crippen LogP contribution in [0.25, 0.3) is 0 Å². The largest absolute Gasteiger partial charge is 0.493 e. The van der Waals surface area contributed by atoms with Gasteiger partial charge < -0.3 is 19.7 Å². The van der Waals surface area contributed by atoms with Crippen LogP contribution in [0.5, 0.6) is 11.5 Å². The first-order chi connectivity index (χ1) is 12.5. The maximum absolute atomic E-state index is 12.5. The lowest BCUT2D eigenvalue weighted by Crippen LogP contribution is -2.24. The fourth-order valence-corrected chi connectivity index (χ4v) is 2.52. The molecule has 0 heterocycles. The van der Waals surface area contributed by atoms with Crippen molar-refractivity contribution in [2.75, 3.05) is 33.6 Å². The van der Waals surface area contributed by atoms with Gasteiger partial charge in [-0.15, -0.1) is 0 Å². The zero-order chi connectivity index (χ0) is 19.1. The van der Waals surface area contributed by atoms with Crippen molar-refractivity contribution in [1.82, 2.24) is 4.90 Å². The van der Waals surface area contributed by atoms with Crippen LogP contribution in [0.1, 0.15) is 22.3 Å². The summed E-state index contributed by atoms with van der Waals surface area (Å²) < 4.78 is 10.5. The summed E-state index contributed by atoms with van der Waals surface area (Å²) in [6, 6.07) is 13.0. The fourth-order valence-electron chi connectivity index (χ4n) is 2.52. The monoisotopic (exact) mass is 356 g/mol. The molecule has 2 aromatic rings. The van der Waals surface area contributed by atoms with Crippen LogP contribution in [0.2, 0.25) is 0 Å². The van der Waals surface area contributed by atoms with Gasteiger partial charge in [-0.25, -0.2) is 0 Å². The average Bonchev–Trinajstić information content (AvgIpc) is 2.66. The van der Waals surface area contributed by atoms with Crippen molar-refractivity contribution in [2.24, 2.45) is 0 Å². The van der Waals surface area contributed by atoms with Crippen molar-refractivity contribution >= 4 is 17.5 Å². The Balaban J connectivity index is 2.22. The Morgan fingerprint density at radius 1 is 1.00 bits per heavy atom. The molecule has 0 aliphatic carbocycles. The highest BCUT2D eigenvalue weighted by Gasteiger charge is 2.19. The number of benzene rings is 2. The number of aryl methyl sites for hydroxylation is 1. The van der Waals surface area contributed by atoms with E-state index in [0.717, 1.165) is 5.56 Å². The number of hydrogen-bond donors (Lipinski definition) is 1. The van der Waals surface area contributed by atoms with Crippen LogP contribution in [0.3, 0.4) is 0 Å². The van der Waals surface area contributed by atoms with Crippen molar-refractivity contribution < 1.29 is 19.1 Å². The summed E-state index contributed by atoms with van der Waals surface area (Å²) in [5.41, 5.74) is 1.83. The summed E-state index contributed by atoms with van der Waals surface area (Å²) in [4.78, 5) is 26.3. The highest BCUT2D eigenvalue weighted by atomic mass is 16.5. The van der Waals surface area contributed by atoms with Crippen molar-refractivity contribution in [2.45, 2.75) is 12.8 Å². The van der Waals surface area contributed by atoms with E-state index < -0.39 is 0 Å². The number of ether oxygens (including phenoxy) is 2. The van der Waals surface area contributed by atoms with Gasteiger partial charge in [-0.2, -0.15) is 0 Å². The van der Waals surface area contributed by atoms with E-state index in [4.69, 9.17) is 9.47 Å². The molecular weight excluding hydrogens is 332 g/mol. The average molecular weight is 356 g/mol. The summed E-state index contributed by atoms with van der Waals surface area (Å²) in [5, 5.41) is 2.82. The zero-order valence-corrected chi connectivity index (χ0v) is 15.5. The molecule has 0 aromatic heterocycles. The van der Waals surface area contributed by atoms with Gasteiger partial charge in [-0.3, -0.25) is 9.59 Å². The molecule has 1 N–H and O–H groups in total. The molecule has 2 rings (SSSR count). The molecule has 26 heavy (non-hydrogen) atoms. The van der Waals surface area contributed by atoms with Crippen molar-refractivity contribution in [3.05, 3.63) is 53.6 Å². The Hall–Kier alpha value is -3.02. The van der Waals surface area contributed by atoms with E-state index >= 15 is 0 Å². The van der Waals surface area contributed by atoms with Gasteiger partial charge in [0.2, 0.25) is 5.91 Å². The third kappa shape index (κ3) is 4.75. The summed E-state index contributed by atoms with van der Waals surface area (Å²) in [6.45, 7) is 0. The number of rotatable bonds is 7. The van der Waals surface area contributed by atoms with E-state index in [1.54, 1.807) is 26.2 Å². The normalized spacial score (nSPS) is 10.2. The molecule has 0 saturated heterocycles. The highest BCUT2D eigenvalue weighted by Crippen LogP contribution is 2.34. The first kappa shape index (κ1) is 19.3. The smallest absolute Gasteiger partial charge is 0.255 e. The number of methoxy groups -OCH3 is 2. The highest BCUT2D eigenvalue weighted by molar-refractivity contribution is 6.04. The molecule has 6 heteroatoms. The van der Waals surface area contributed by atoms with Gasteiger partial charge in [0.15, 0.2) is 11.5 Å². The van der Waals surface area contributed by atoms with Crippen molar-refractivity contribution in [1.29, 1.82) is 0 Å². The molecule has 2 amide bonds. The molecule has 0 aliphatic rings. The maximum Gasteiger partial charge on any atom is 0.255 e. The van der Waals surface area contributed by atoms with Crippen LogP contribution >= 0.6 is 0 Å². The molecule has 0 spiro atoms. The first-order valence-electron chi connectivity index (χ1n) is 8.27. The first-order valence-corrected chi connectivity index (χ1v) is 8.27. The fraction of sp³-hybridized carbons (Fsp3) is 0.300.